The highest BCUT2D eigenvalue weighted by molar-refractivity contribution is 5.88. The molecule has 0 saturated heterocycles. The van der Waals surface area contributed by atoms with Crippen molar-refractivity contribution in [1.29, 1.82) is 0 Å². The largest absolute Gasteiger partial charge is 0.466 e. The molecule has 5 nitrogen and oxygen atoms in total. The van der Waals surface area contributed by atoms with E-state index in [0.29, 0.717) is 11.3 Å². The Hall–Kier alpha value is -3.08. The second-order valence-corrected chi connectivity index (χ2v) is 7.84. The van der Waals surface area contributed by atoms with Gasteiger partial charge in [-0.25, -0.2) is 4.79 Å². The summed E-state index contributed by atoms with van der Waals surface area (Å²) in [6.07, 6.45) is 1.81. The highest BCUT2D eigenvalue weighted by atomic mass is 16.5. The molecule has 152 valence electrons. The quantitative estimate of drug-likeness (QED) is 0.493. The molecule has 0 spiro atoms. The lowest BCUT2D eigenvalue weighted by atomic mass is 10.1. The van der Waals surface area contributed by atoms with Crippen LogP contribution >= 0.6 is 0 Å². The molecule has 1 saturated carbocycles. The maximum atomic E-state index is 12.6. The number of hydrogen-bond acceptors (Lipinski definition) is 5. The second kappa shape index (κ2) is 8.52. The molecule has 0 bridgehead atoms. The molecule has 0 aliphatic heterocycles. The summed E-state index contributed by atoms with van der Waals surface area (Å²) in [6.45, 7) is 5.86. The normalized spacial score (nSPS) is 19.9. The summed E-state index contributed by atoms with van der Waals surface area (Å²) in [4.78, 5) is 24.2. The molecule has 29 heavy (non-hydrogen) atoms. The average Bonchev–Trinajstić information content (AvgIpc) is 3.26. The van der Waals surface area contributed by atoms with Gasteiger partial charge in [-0.15, -0.1) is 0 Å². The zero-order valence-electron chi connectivity index (χ0n) is 17.2. The minimum atomic E-state index is -0.380. The smallest absolute Gasteiger partial charge is 0.333 e. The molecule has 0 radical (unpaired) electrons. The van der Waals surface area contributed by atoms with Crippen LogP contribution in [0.2, 0.25) is 0 Å². The van der Waals surface area contributed by atoms with Gasteiger partial charge in [-0.2, -0.15) is 0 Å². The van der Waals surface area contributed by atoms with Crippen molar-refractivity contribution in [3.63, 3.8) is 0 Å². The Bertz CT molecular complexity index is 914. The van der Waals surface area contributed by atoms with Crippen molar-refractivity contribution >= 4 is 11.9 Å². The number of hydrogen-bond donors (Lipinski definition) is 0. The summed E-state index contributed by atoms with van der Waals surface area (Å²) >= 11 is 0. The van der Waals surface area contributed by atoms with E-state index in [-0.39, 0.29) is 35.8 Å². The number of esters is 2. The van der Waals surface area contributed by atoms with Crippen LogP contribution in [0.5, 0.6) is 11.5 Å². The van der Waals surface area contributed by atoms with Crippen LogP contribution in [0.15, 0.2) is 66.2 Å². The van der Waals surface area contributed by atoms with Gasteiger partial charge in [0.2, 0.25) is 0 Å². The Morgan fingerprint density at radius 2 is 1.72 bits per heavy atom. The van der Waals surface area contributed by atoms with Gasteiger partial charge in [0.15, 0.2) is 0 Å². The van der Waals surface area contributed by atoms with E-state index in [1.165, 1.54) is 7.11 Å². The maximum absolute atomic E-state index is 12.6. The summed E-state index contributed by atoms with van der Waals surface area (Å²) in [5, 5.41) is 0. The first-order valence-corrected chi connectivity index (χ1v) is 9.58. The number of methoxy groups -OCH3 is 1. The molecule has 0 amide bonds. The van der Waals surface area contributed by atoms with Crippen LogP contribution in [0.25, 0.3) is 0 Å². The highest BCUT2D eigenvalue weighted by Crippen LogP contribution is 2.59. The van der Waals surface area contributed by atoms with Gasteiger partial charge in [0.05, 0.1) is 13.0 Å². The summed E-state index contributed by atoms with van der Waals surface area (Å²) in [7, 11) is 1.35. The van der Waals surface area contributed by atoms with Crippen molar-refractivity contribution in [2.75, 3.05) is 7.11 Å². The van der Waals surface area contributed by atoms with E-state index in [4.69, 9.17) is 14.2 Å². The minimum absolute atomic E-state index is 0.0400. The van der Waals surface area contributed by atoms with Crippen LogP contribution in [-0.2, 0) is 25.7 Å². The third kappa shape index (κ3) is 4.86. The van der Waals surface area contributed by atoms with Crippen molar-refractivity contribution in [2.24, 2.45) is 17.3 Å². The van der Waals surface area contributed by atoms with Crippen molar-refractivity contribution in [3.05, 3.63) is 71.8 Å². The number of para-hydroxylation sites is 1. The van der Waals surface area contributed by atoms with Crippen molar-refractivity contribution < 1.29 is 23.8 Å². The Balaban J connectivity index is 1.59. The van der Waals surface area contributed by atoms with Gasteiger partial charge in [0.1, 0.15) is 18.1 Å². The lowest BCUT2D eigenvalue weighted by molar-refractivity contribution is -0.147. The molecule has 2 aromatic carbocycles. The van der Waals surface area contributed by atoms with Gasteiger partial charge in [-0.3, -0.25) is 4.79 Å². The fraction of sp³-hybridized carbons (Fsp3) is 0.333. The number of rotatable bonds is 7. The van der Waals surface area contributed by atoms with Crippen LogP contribution in [-0.4, -0.2) is 19.0 Å². The molecule has 0 heterocycles. The predicted octanol–water partition coefficient (Wildman–Crippen LogP) is 4.91. The lowest BCUT2D eigenvalue weighted by Gasteiger charge is -2.09. The lowest BCUT2D eigenvalue weighted by Crippen LogP contribution is -2.10. The van der Waals surface area contributed by atoms with Crippen molar-refractivity contribution in [1.82, 2.24) is 0 Å². The third-order valence-electron chi connectivity index (χ3n) is 5.36. The van der Waals surface area contributed by atoms with Crippen LogP contribution in [0.1, 0.15) is 26.3 Å². The molecule has 2 aromatic rings. The van der Waals surface area contributed by atoms with E-state index in [1.807, 2.05) is 74.5 Å². The van der Waals surface area contributed by atoms with Crippen molar-refractivity contribution in [3.8, 4) is 11.5 Å². The van der Waals surface area contributed by atoms with Gasteiger partial charge in [0.25, 0.3) is 0 Å². The van der Waals surface area contributed by atoms with E-state index in [2.05, 4.69) is 0 Å². The molecule has 2 unspecified atom stereocenters. The van der Waals surface area contributed by atoms with E-state index < -0.39 is 0 Å². The van der Waals surface area contributed by atoms with Gasteiger partial charge in [-0.05, 0) is 48.1 Å². The van der Waals surface area contributed by atoms with E-state index in [0.717, 1.165) is 11.3 Å². The summed E-state index contributed by atoms with van der Waals surface area (Å²) in [5.41, 5.74) is 1.11. The first-order chi connectivity index (χ1) is 13.8. The fourth-order valence-electron chi connectivity index (χ4n) is 3.50. The minimum Gasteiger partial charge on any atom is -0.466 e. The number of allylic oxidation sites excluding steroid dienone is 1. The molecule has 0 N–H and O–H groups in total. The predicted molar refractivity (Wildman–Crippen MR) is 109 cm³/mol. The molecular weight excluding hydrogens is 368 g/mol. The number of ether oxygens (including phenoxy) is 3. The van der Waals surface area contributed by atoms with Gasteiger partial charge in [0, 0.05) is 5.57 Å². The molecule has 5 heteroatoms. The van der Waals surface area contributed by atoms with Gasteiger partial charge in [-0.1, -0.05) is 50.3 Å². The number of benzene rings is 2. The molecule has 1 aliphatic carbocycles. The van der Waals surface area contributed by atoms with Gasteiger partial charge < -0.3 is 14.2 Å². The standard InChI is InChI=1S/C24H26O5/c1-16(22(25)27-4)13-20-21(24(20,2)3)23(26)28-15-17-9-8-12-19(14-17)29-18-10-6-5-7-11-18/h5-14,20-21H,15H2,1-4H3/b16-13+. The zero-order chi connectivity index (χ0) is 21.0. The van der Waals surface area contributed by atoms with Crippen LogP contribution < -0.4 is 4.74 Å². The molecule has 2 atom stereocenters. The maximum Gasteiger partial charge on any atom is 0.333 e. The Morgan fingerprint density at radius 1 is 1.03 bits per heavy atom. The Kier molecular flexibility index (Phi) is 6.06. The summed E-state index contributed by atoms with van der Waals surface area (Å²) in [6, 6.07) is 17.0. The van der Waals surface area contributed by atoms with E-state index in [1.54, 1.807) is 6.92 Å². The van der Waals surface area contributed by atoms with Crippen LogP contribution in [0.4, 0.5) is 0 Å². The molecule has 1 fully saturated rings. The molecule has 1 aliphatic rings. The molecule has 0 aromatic heterocycles. The number of carbonyl (C=O) groups is 2. The van der Waals surface area contributed by atoms with Crippen LogP contribution in [0, 0.1) is 17.3 Å². The Labute approximate surface area is 171 Å². The van der Waals surface area contributed by atoms with Crippen molar-refractivity contribution in [2.45, 2.75) is 27.4 Å². The van der Waals surface area contributed by atoms with Gasteiger partial charge >= 0.3 is 11.9 Å². The highest BCUT2D eigenvalue weighted by Gasteiger charge is 2.61. The summed E-state index contributed by atoms with van der Waals surface area (Å²) in [5.74, 6) is 0.481. The summed E-state index contributed by atoms with van der Waals surface area (Å²) < 4.78 is 16.1. The fourth-order valence-corrected chi connectivity index (χ4v) is 3.50. The average molecular weight is 394 g/mol. The zero-order valence-corrected chi connectivity index (χ0v) is 17.2. The first-order valence-electron chi connectivity index (χ1n) is 9.58. The van der Waals surface area contributed by atoms with E-state index in [9.17, 15) is 9.59 Å². The molecular formula is C24H26O5. The molecule has 3 rings (SSSR count). The Morgan fingerprint density at radius 3 is 2.41 bits per heavy atom. The SMILES string of the molecule is COC(=O)/C(C)=C/C1C(C(=O)OCc2cccc(Oc3ccccc3)c2)C1(C)C. The second-order valence-electron chi connectivity index (χ2n) is 7.84. The number of carbonyl (C=O) groups excluding carboxylic acids is 2. The topological polar surface area (TPSA) is 61.8 Å². The monoisotopic (exact) mass is 394 g/mol. The van der Waals surface area contributed by atoms with Crippen LogP contribution in [0.3, 0.4) is 0 Å². The van der Waals surface area contributed by atoms with E-state index >= 15 is 0 Å². The first kappa shape index (κ1) is 20.6. The third-order valence-corrected chi connectivity index (χ3v) is 5.36.